The average molecular weight is 418 g/mol. The molecular weight excluding hydrogens is 400 g/mol. The van der Waals surface area contributed by atoms with Gasteiger partial charge >= 0.3 is 0 Å². The molecule has 2 aliphatic heterocycles. The summed E-state index contributed by atoms with van der Waals surface area (Å²) in [6, 6.07) is 13.2. The Morgan fingerprint density at radius 1 is 1.10 bits per heavy atom. The number of aromatic amines is 1. The largest absolute Gasteiger partial charge is 0.493 e. The molecule has 0 saturated carbocycles. The molecule has 0 bridgehead atoms. The maximum Gasteiger partial charge on any atom is 0.244 e. The molecule has 1 atom stereocenters. The van der Waals surface area contributed by atoms with E-state index in [1.807, 2.05) is 30.3 Å². The van der Waals surface area contributed by atoms with E-state index in [9.17, 15) is 5.26 Å². The minimum Gasteiger partial charge on any atom is -0.493 e. The number of rotatable bonds is 4. The Morgan fingerprint density at radius 3 is 2.68 bits per heavy atom. The van der Waals surface area contributed by atoms with Crippen LogP contribution in [0.4, 0.5) is 0 Å². The third-order valence-corrected chi connectivity index (χ3v) is 5.34. The van der Waals surface area contributed by atoms with Crippen molar-refractivity contribution >= 4 is 0 Å². The van der Waals surface area contributed by atoms with Gasteiger partial charge in [0.05, 0.1) is 31.4 Å². The quantitative estimate of drug-likeness (QED) is 0.662. The van der Waals surface area contributed by atoms with Crippen LogP contribution in [0, 0.1) is 11.3 Å². The molecule has 1 aromatic heterocycles. The van der Waals surface area contributed by atoms with Gasteiger partial charge in [0.1, 0.15) is 11.6 Å². The maximum atomic E-state index is 9.88. The smallest absolute Gasteiger partial charge is 0.244 e. The highest BCUT2D eigenvalue weighted by molar-refractivity contribution is 5.73. The van der Waals surface area contributed by atoms with Crippen molar-refractivity contribution in [3.05, 3.63) is 59.0 Å². The molecule has 9 heteroatoms. The molecule has 0 fully saturated rings. The number of aromatic nitrogens is 2. The van der Waals surface area contributed by atoms with Gasteiger partial charge in [0.2, 0.25) is 18.6 Å². The molecule has 3 N–H and O–H groups in total. The number of nitrogens with one attached hydrogen (secondary N) is 1. The summed E-state index contributed by atoms with van der Waals surface area (Å²) in [5, 5.41) is 17.2. The highest BCUT2D eigenvalue weighted by Gasteiger charge is 2.36. The molecule has 0 unspecified atom stereocenters. The zero-order chi connectivity index (χ0) is 21.5. The summed E-state index contributed by atoms with van der Waals surface area (Å²) < 4.78 is 27.4. The van der Waals surface area contributed by atoms with Gasteiger partial charge in [-0.1, -0.05) is 6.07 Å². The molecule has 156 valence electrons. The second-order valence-corrected chi connectivity index (χ2v) is 6.92. The molecule has 31 heavy (non-hydrogen) atoms. The van der Waals surface area contributed by atoms with Crippen molar-refractivity contribution in [3.8, 4) is 46.2 Å². The summed E-state index contributed by atoms with van der Waals surface area (Å²) in [6.45, 7) is 0.176. The van der Waals surface area contributed by atoms with Crippen molar-refractivity contribution in [1.29, 1.82) is 5.26 Å². The Hall–Kier alpha value is -4.32. The normalized spacial score (nSPS) is 16.4. The van der Waals surface area contributed by atoms with Gasteiger partial charge in [-0.05, 0) is 35.9 Å². The standard InChI is InChI=1S/C22H18N4O5/c1-27-14-5-3-11(7-16(14)28-2)18-13(9-23)21(24)31-22-19(18)20(25-26-22)12-4-6-15-17(8-12)30-10-29-15/h3-8,18H,10,24H2,1-2H3,(H,25,26)/t18-/m1/s1. The summed E-state index contributed by atoms with van der Waals surface area (Å²) in [4.78, 5) is 0. The fraction of sp³-hybridized carbons (Fsp3) is 0.182. The minimum atomic E-state index is -0.521. The lowest BCUT2D eigenvalue weighted by Crippen LogP contribution is -2.21. The van der Waals surface area contributed by atoms with Crippen LogP contribution in [0.3, 0.4) is 0 Å². The molecule has 3 heterocycles. The molecule has 3 aromatic rings. The summed E-state index contributed by atoms with van der Waals surface area (Å²) in [6.07, 6.45) is 0. The first kappa shape index (κ1) is 18.7. The van der Waals surface area contributed by atoms with E-state index in [-0.39, 0.29) is 18.2 Å². The summed E-state index contributed by atoms with van der Waals surface area (Å²) in [5.41, 5.74) is 9.32. The van der Waals surface area contributed by atoms with Gasteiger partial charge < -0.3 is 29.4 Å². The number of hydrogen-bond acceptors (Lipinski definition) is 8. The lowest BCUT2D eigenvalue weighted by Gasteiger charge is -2.24. The van der Waals surface area contributed by atoms with Crippen LogP contribution in [0.1, 0.15) is 17.0 Å². The van der Waals surface area contributed by atoms with Crippen molar-refractivity contribution in [2.24, 2.45) is 5.73 Å². The Labute approximate surface area is 177 Å². The molecule has 5 rings (SSSR count). The lowest BCUT2D eigenvalue weighted by molar-refractivity contribution is 0.174. The number of nitrogens with zero attached hydrogens (tertiary/aromatic N) is 2. The first-order valence-electron chi connectivity index (χ1n) is 9.42. The van der Waals surface area contributed by atoms with Crippen LogP contribution in [0.15, 0.2) is 47.9 Å². The fourth-order valence-electron chi connectivity index (χ4n) is 3.88. The van der Waals surface area contributed by atoms with Gasteiger partial charge in [-0.2, -0.15) is 5.26 Å². The topological polar surface area (TPSA) is 125 Å². The maximum absolute atomic E-state index is 9.88. The highest BCUT2D eigenvalue weighted by Crippen LogP contribution is 2.48. The average Bonchev–Trinajstić information content (AvgIpc) is 3.43. The molecule has 0 aliphatic carbocycles. The second-order valence-electron chi connectivity index (χ2n) is 6.92. The first-order chi connectivity index (χ1) is 15.1. The van der Waals surface area contributed by atoms with Crippen LogP contribution in [-0.2, 0) is 0 Å². The number of nitrogens with two attached hydrogens (primary N) is 1. The molecule has 0 saturated heterocycles. The van der Waals surface area contributed by atoms with E-state index in [0.717, 1.165) is 11.1 Å². The molecule has 9 nitrogen and oxygen atoms in total. The molecule has 0 amide bonds. The number of nitriles is 1. The van der Waals surface area contributed by atoms with Crippen LogP contribution in [-0.4, -0.2) is 31.2 Å². The molecule has 2 aromatic carbocycles. The van der Waals surface area contributed by atoms with Crippen LogP contribution in [0.5, 0.6) is 28.9 Å². The Kier molecular flexibility index (Phi) is 4.33. The molecular formula is C22H18N4O5. The second kappa shape index (κ2) is 7.18. The zero-order valence-corrected chi connectivity index (χ0v) is 16.8. The van der Waals surface area contributed by atoms with Crippen molar-refractivity contribution < 1.29 is 23.7 Å². The predicted molar refractivity (Wildman–Crippen MR) is 109 cm³/mol. The van der Waals surface area contributed by atoms with Crippen LogP contribution in [0.25, 0.3) is 11.3 Å². The van der Waals surface area contributed by atoms with Crippen molar-refractivity contribution in [3.63, 3.8) is 0 Å². The SMILES string of the molecule is COc1ccc([C@@H]2C(C#N)=C(N)Oc3n[nH]c(-c4ccc5c(c4)OCO5)c32)cc1OC. The number of fused-ring (bicyclic) bond motifs is 2. The van der Waals surface area contributed by atoms with Crippen LogP contribution in [0.2, 0.25) is 0 Å². The third kappa shape index (κ3) is 2.88. The van der Waals surface area contributed by atoms with Gasteiger partial charge in [-0.25, -0.2) is 0 Å². The monoisotopic (exact) mass is 418 g/mol. The summed E-state index contributed by atoms with van der Waals surface area (Å²) >= 11 is 0. The number of ether oxygens (including phenoxy) is 5. The van der Waals surface area contributed by atoms with Gasteiger partial charge in [0.25, 0.3) is 0 Å². The molecule has 0 spiro atoms. The van der Waals surface area contributed by atoms with Gasteiger partial charge in [0, 0.05) is 5.56 Å². The first-order valence-corrected chi connectivity index (χ1v) is 9.42. The number of methoxy groups -OCH3 is 2. The lowest BCUT2D eigenvalue weighted by atomic mass is 9.83. The van der Waals surface area contributed by atoms with Gasteiger partial charge in [-0.3, -0.25) is 5.10 Å². The Bertz CT molecular complexity index is 1260. The number of benzene rings is 2. The van der Waals surface area contributed by atoms with Gasteiger partial charge in [-0.15, -0.1) is 5.10 Å². The summed E-state index contributed by atoms with van der Waals surface area (Å²) in [7, 11) is 3.12. The van der Waals surface area contributed by atoms with E-state index in [1.165, 1.54) is 0 Å². The number of hydrogen-bond donors (Lipinski definition) is 2. The van der Waals surface area contributed by atoms with E-state index in [1.54, 1.807) is 20.3 Å². The summed E-state index contributed by atoms with van der Waals surface area (Å²) in [5.74, 6) is 2.23. The molecule has 2 aliphatic rings. The Morgan fingerprint density at radius 2 is 1.90 bits per heavy atom. The third-order valence-electron chi connectivity index (χ3n) is 5.34. The zero-order valence-electron chi connectivity index (χ0n) is 16.8. The highest BCUT2D eigenvalue weighted by atomic mass is 16.7. The predicted octanol–water partition coefficient (Wildman–Crippen LogP) is 3.04. The van der Waals surface area contributed by atoms with E-state index >= 15 is 0 Å². The van der Waals surface area contributed by atoms with Gasteiger partial charge in [0.15, 0.2) is 23.0 Å². The van der Waals surface area contributed by atoms with E-state index in [0.29, 0.717) is 40.1 Å². The van der Waals surface area contributed by atoms with E-state index in [2.05, 4.69) is 16.3 Å². The van der Waals surface area contributed by atoms with Crippen LogP contribution < -0.4 is 29.4 Å². The van der Waals surface area contributed by atoms with Crippen molar-refractivity contribution in [1.82, 2.24) is 10.2 Å². The number of H-pyrrole nitrogens is 1. The minimum absolute atomic E-state index is 0.0125. The Balaban J connectivity index is 1.69. The number of allylic oxidation sites excluding steroid dienone is 1. The van der Waals surface area contributed by atoms with E-state index < -0.39 is 5.92 Å². The van der Waals surface area contributed by atoms with E-state index in [4.69, 9.17) is 29.4 Å². The van der Waals surface area contributed by atoms with Crippen molar-refractivity contribution in [2.75, 3.05) is 21.0 Å². The van der Waals surface area contributed by atoms with Crippen molar-refractivity contribution in [2.45, 2.75) is 5.92 Å². The molecule has 0 radical (unpaired) electrons. The fourth-order valence-corrected chi connectivity index (χ4v) is 3.88. The van der Waals surface area contributed by atoms with Crippen LogP contribution >= 0.6 is 0 Å².